The molecule has 1 atom stereocenters. The van der Waals surface area contributed by atoms with E-state index in [-0.39, 0.29) is 29.1 Å². The second kappa shape index (κ2) is 13.5. The maximum absolute atomic E-state index is 13.4. The van der Waals surface area contributed by atoms with Crippen molar-refractivity contribution >= 4 is 71.4 Å². The normalized spacial score (nSPS) is 13.9. The van der Waals surface area contributed by atoms with Crippen LogP contribution in [-0.2, 0) is 10.1 Å². The van der Waals surface area contributed by atoms with Crippen LogP contribution >= 0.6 is 0 Å². The standard InChI is InChI=1S/C33H30N6O5.CH4O3S/c1-36(15-6-16-37-32(41)23-9-4-7-20-17-21(39(43)44)18-24(28(20)23)33(37)42)14-5-13-34-25-11-12-26-30-29(25)31(40)22-8-2-3-10-27(22)38(30)19-35-26;1-5(2,3)4/h2-4,7-12,17-19,34,39,43H,5-6,13-16H2,1H3;1H3,(H,2,3,4). The zero-order valence-corrected chi connectivity index (χ0v) is 27.5. The molecule has 1 unspecified atom stereocenters. The highest BCUT2D eigenvalue weighted by Crippen LogP contribution is 2.32. The van der Waals surface area contributed by atoms with Crippen LogP contribution in [0.1, 0.15) is 33.6 Å². The molecule has 0 fully saturated rings. The van der Waals surface area contributed by atoms with Crippen molar-refractivity contribution in [3.8, 4) is 0 Å². The van der Waals surface area contributed by atoms with Gasteiger partial charge in [0.2, 0.25) is 0 Å². The number of fused-ring (bicyclic) bond motifs is 2. The van der Waals surface area contributed by atoms with Gasteiger partial charge >= 0.3 is 0 Å². The molecule has 2 aromatic heterocycles. The maximum Gasteiger partial charge on any atom is 0.261 e. The number of carbonyl (C=O) groups is 2. The minimum atomic E-state index is -3.67. The van der Waals surface area contributed by atoms with E-state index >= 15 is 0 Å². The number of imide groups is 1. The van der Waals surface area contributed by atoms with Crippen LogP contribution in [0.2, 0.25) is 0 Å². The van der Waals surface area contributed by atoms with Gasteiger partial charge in [-0.25, -0.2) is 10.2 Å². The van der Waals surface area contributed by atoms with Gasteiger partial charge in [0.05, 0.1) is 33.8 Å². The molecule has 2 amide bonds. The van der Waals surface area contributed by atoms with E-state index < -0.39 is 21.3 Å². The van der Waals surface area contributed by atoms with E-state index in [0.29, 0.717) is 52.9 Å². The molecule has 4 N–H and O–H groups in total. The fourth-order valence-corrected chi connectivity index (χ4v) is 6.34. The number of rotatable bonds is 10. The van der Waals surface area contributed by atoms with E-state index in [0.717, 1.165) is 35.2 Å². The summed E-state index contributed by atoms with van der Waals surface area (Å²) < 4.78 is 27.8. The third kappa shape index (κ3) is 6.80. The zero-order valence-electron chi connectivity index (χ0n) is 26.7. The first-order valence-electron chi connectivity index (χ1n) is 15.5. The number of nitrogens with one attached hydrogen (secondary N) is 2. The van der Waals surface area contributed by atoms with Crippen molar-refractivity contribution in [3.05, 3.63) is 99.6 Å². The molecule has 0 spiro atoms. The van der Waals surface area contributed by atoms with Crippen molar-refractivity contribution in [1.29, 1.82) is 0 Å². The second-order valence-electron chi connectivity index (χ2n) is 12.0. The zero-order chi connectivity index (χ0) is 35.0. The molecule has 6 aromatic rings. The molecule has 1 aliphatic rings. The van der Waals surface area contributed by atoms with Gasteiger partial charge in [-0.2, -0.15) is 13.6 Å². The summed E-state index contributed by atoms with van der Waals surface area (Å²) in [5, 5.41) is 25.8. The molecule has 4 aromatic carbocycles. The Hall–Kier alpha value is -5.03. The highest BCUT2D eigenvalue weighted by atomic mass is 32.2. The van der Waals surface area contributed by atoms with Crippen LogP contribution in [0.25, 0.3) is 38.1 Å². The molecule has 7 rings (SSSR count). The largest absolute Gasteiger partial charge is 0.595 e. The number of benzene rings is 4. The van der Waals surface area contributed by atoms with Crippen LogP contribution in [0, 0.1) is 5.21 Å². The summed E-state index contributed by atoms with van der Waals surface area (Å²) in [5.74, 6) is -0.824. The molecule has 0 radical (unpaired) electrons. The highest BCUT2D eigenvalue weighted by molar-refractivity contribution is 7.85. The quantitative estimate of drug-likeness (QED) is 0.0545. The molecule has 3 heterocycles. The van der Waals surface area contributed by atoms with Crippen LogP contribution in [0.15, 0.2) is 77.9 Å². The number of nitrogens with zero attached hydrogens (tertiary/aromatic N) is 4. The van der Waals surface area contributed by atoms with Gasteiger partial charge in [-0.05, 0) is 68.7 Å². The van der Waals surface area contributed by atoms with E-state index in [2.05, 4.69) is 15.2 Å². The number of quaternary nitrogens is 1. The molecule has 0 aliphatic carbocycles. The minimum Gasteiger partial charge on any atom is -0.595 e. The second-order valence-corrected chi connectivity index (χ2v) is 13.4. The summed E-state index contributed by atoms with van der Waals surface area (Å²) >= 11 is 0. The molecule has 0 saturated heterocycles. The van der Waals surface area contributed by atoms with Crippen LogP contribution in [0.5, 0.6) is 0 Å². The lowest BCUT2D eigenvalue weighted by Crippen LogP contribution is -2.99. The van der Waals surface area contributed by atoms with Gasteiger partial charge in [-0.3, -0.25) is 28.2 Å². The molecule has 0 bridgehead atoms. The van der Waals surface area contributed by atoms with Crippen molar-refractivity contribution in [2.24, 2.45) is 0 Å². The summed E-state index contributed by atoms with van der Waals surface area (Å²) in [6, 6.07) is 19.4. The average molecular weight is 687 g/mol. The number of pyridine rings is 1. The van der Waals surface area contributed by atoms with E-state index in [9.17, 15) is 33.2 Å². The third-order valence-electron chi connectivity index (χ3n) is 8.47. The molecule has 49 heavy (non-hydrogen) atoms. The van der Waals surface area contributed by atoms with Gasteiger partial charge in [-0.1, -0.05) is 24.3 Å². The van der Waals surface area contributed by atoms with Gasteiger partial charge in [0.1, 0.15) is 6.33 Å². The third-order valence-corrected chi connectivity index (χ3v) is 8.47. The summed E-state index contributed by atoms with van der Waals surface area (Å²) in [4.78, 5) is 47.8. The van der Waals surface area contributed by atoms with Crippen molar-refractivity contribution in [3.63, 3.8) is 0 Å². The van der Waals surface area contributed by atoms with Crippen LogP contribution in [-0.4, -0.2) is 88.7 Å². The Kier molecular flexibility index (Phi) is 9.30. The summed E-state index contributed by atoms with van der Waals surface area (Å²) in [6.45, 7) is 2.32. The van der Waals surface area contributed by atoms with Gasteiger partial charge in [-0.15, -0.1) is 0 Å². The fraction of sp³-hybridized carbons (Fsp3) is 0.235. The Morgan fingerprint density at radius 3 is 2.41 bits per heavy atom. The minimum absolute atomic E-state index is 0.0151. The van der Waals surface area contributed by atoms with Gasteiger partial charge < -0.3 is 15.4 Å². The molecular formula is C34H34N6O8S. The number of hydrogen-bond donors (Lipinski definition) is 4. The number of carbonyl (C=O) groups excluding carboxylic acids is 2. The predicted molar refractivity (Wildman–Crippen MR) is 185 cm³/mol. The van der Waals surface area contributed by atoms with Crippen molar-refractivity contribution in [2.45, 2.75) is 12.8 Å². The van der Waals surface area contributed by atoms with E-state index in [1.165, 1.54) is 17.0 Å². The molecule has 0 saturated carbocycles. The SMILES string of the molecule is CN(CCCNc1ccc2ncn3c4ccccc4c(=O)c1c23)CCCN1C(=O)c2cccc3cc([NH+]([O-])O)cc(c23)C1=O.CS(=O)(=O)O. The number of para-hydroxylation sites is 1. The van der Waals surface area contributed by atoms with E-state index in [1.54, 1.807) is 24.5 Å². The topological polar surface area (TPSA) is 189 Å². The number of hydrogen-bond acceptors (Lipinski definition) is 10. The molecule has 15 heteroatoms. The fourth-order valence-electron chi connectivity index (χ4n) is 6.34. The van der Waals surface area contributed by atoms with E-state index in [1.807, 2.05) is 47.8 Å². The van der Waals surface area contributed by atoms with Gasteiger partial charge in [0.15, 0.2) is 11.1 Å². The lowest BCUT2D eigenvalue weighted by Gasteiger charge is -2.28. The molecular weight excluding hydrogens is 652 g/mol. The summed E-state index contributed by atoms with van der Waals surface area (Å²) in [6.07, 6.45) is 3.86. The Bertz CT molecular complexity index is 2390. The smallest absolute Gasteiger partial charge is 0.261 e. The Labute approximate surface area is 280 Å². The Morgan fingerprint density at radius 1 is 0.939 bits per heavy atom. The Balaban J connectivity index is 0.000000778. The monoisotopic (exact) mass is 686 g/mol. The number of amides is 2. The predicted octanol–water partition coefficient (Wildman–Crippen LogP) is 2.92. The van der Waals surface area contributed by atoms with Crippen molar-refractivity contribution in [2.75, 3.05) is 44.8 Å². The molecule has 254 valence electrons. The number of aromatic nitrogens is 2. The number of anilines is 1. The van der Waals surface area contributed by atoms with Crippen molar-refractivity contribution in [1.82, 2.24) is 19.2 Å². The maximum atomic E-state index is 13.4. The molecule has 1 aliphatic heterocycles. The first-order valence-corrected chi connectivity index (χ1v) is 17.3. The summed E-state index contributed by atoms with van der Waals surface area (Å²) in [5.41, 5.74) is 3.88. The highest BCUT2D eigenvalue weighted by Gasteiger charge is 2.33. The van der Waals surface area contributed by atoms with Crippen LogP contribution < -0.4 is 16.0 Å². The first-order chi connectivity index (χ1) is 23.3. The number of imidazole rings is 1. The summed E-state index contributed by atoms with van der Waals surface area (Å²) in [7, 11) is -1.68. The van der Waals surface area contributed by atoms with Crippen molar-refractivity contribution < 1.29 is 33.0 Å². The lowest BCUT2D eigenvalue weighted by atomic mass is 9.93. The Morgan fingerprint density at radius 2 is 1.65 bits per heavy atom. The van der Waals surface area contributed by atoms with Crippen LogP contribution in [0.4, 0.5) is 11.4 Å². The lowest BCUT2D eigenvalue weighted by molar-refractivity contribution is -0.991. The van der Waals surface area contributed by atoms with Crippen LogP contribution in [0.3, 0.4) is 0 Å². The van der Waals surface area contributed by atoms with E-state index in [4.69, 9.17) is 4.55 Å². The molecule has 14 nitrogen and oxygen atoms in total. The van der Waals surface area contributed by atoms with Gasteiger partial charge in [0.25, 0.3) is 21.9 Å². The van der Waals surface area contributed by atoms with Gasteiger partial charge in [0, 0.05) is 47.2 Å². The first kappa shape index (κ1) is 33.9. The average Bonchev–Trinajstić information content (AvgIpc) is 3.49.